The smallest absolute Gasteiger partial charge is 0.410 e. The van der Waals surface area contributed by atoms with Gasteiger partial charge in [0, 0.05) is 32.4 Å². The molecule has 2 saturated heterocycles. The molecule has 6 atom stereocenters. The molecular formula is C23H39N3O6S. The molecule has 4 aliphatic rings. The molecule has 2 amide bonds. The lowest BCUT2D eigenvalue weighted by Gasteiger charge is -2.54. The average molecular weight is 486 g/mol. The highest BCUT2D eigenvalue weighted by atomic mass is 32.2. The van der Waals surface area contributed by atoms with Crippen LogP contribution in [0.4, 0.5) is 4.79 Å². The van der Waals surface area contributed by atoms with E-state index in [2.05, 4.69) is 0 Å². The summed E-state index contributed by atoms with van der Waals surface area (Å²) in [7, 11) is -3.54. The largest absolute Gasteiger partial charge is 0.446 e. The molecule has 2 aliphatic heterocycles. The van der Waals surface area contributed by atoms with Crippen molar-refractivity contribution < 1.29 is 27.5 Å². The van der Waals surface area contributed by atoms with E-state index in [9.17, 15) is 18.0 Å². The van der Waals surface area contributed by atoms with E-state index in [1.807, 2.05) is 16.7 Å². The highest BCUT2D eigenvalue weighted by Gasteiger charge is 2.48. The van der Waals surface area contributed by atoms with E-state index in [0.717, 1.165) is 32.1 Å². The molecule has 188 valence electrons. The summed E-state index contributed by atoms with van der Waals surface area (Å²) in [6.07, 6.45) is 6.61. The Hall–Kier alpha value is -1.39. The summed E-state index contributed by atoms with van der Waals surface area (Å²) in [6, 6.07) is -0.197. The standard InChI is InChI=1S/C23H39N3O6S/c1-15-14-25(23(28)32-19-8-10-31-11-9-19)22-13-18(6-7-21(22)26(15)16(2)27)17-4-3-5-20(12-17)33(24,29)30/h15,17-22H,3-14H2,1-2H3,(H2,24,29,30)/t15-,17?,18?,20?,21?,22?/m0/s1. The number of nitrogens with two attached hydrogens (primary N) is 1. The molecule has 5 unspecified atom stereocenters. The number of fused-ring (bicyclic) bond motifs is 1. The Bertz CT molecular complexity index is 830. The predicted molar refractivity (Wildman–Crippen MR) is 123 cm³/mol. The lowest BCUT2D eigenvalue weighted by atomic mass is 9.69. The van der Waals surface area contributed by atoms with Gasteiger partial charge in [-0.1, -0.05) is 12.8 Å². The Morgan fingerprint density at radius 2 is 1.67 bits per heavy atom. The van der Waals surface area contributed by atoms with Gasteiger partial charge < -0.3 is 19.3 Å². The summed E-state index contributed by atoms with van der Waals surface area (Å²) in [5, 5.41) is 5.01. The maximum Gasteiger partial charge on any atom is 0.410 e. The summed E-state index contributed by atoms with van der Waals surface area (Å²) >= 11 is 0. The first kappa shape index (κ1) is 24.7. The fourth-order valence-corrected chi connectivity index (χ4v) is 7.76. The van der Waals surface area contributed by atoms with E-state index >= 15 is 0 Å². The van der Waals surface area contributed by atoms with Crippen molar-refractivity contribution in [2.75, 3.05) is 19.8 Å². The third-order valence-electron chi connectivity index (χ3n) is 8.35. The fraction of sp³-hybridized carbons (Fsp3) is 0.913. The van der Waals surface area contributed by atoms with Gasteiger partial charge in [-0.2, -0.15) is 0 Å². The van der Waals surface area contributed by atoms with E-state index in [4.69, 9.17) is 14.6 Å². The number of hydrogen-bond acceptors (Lipinski definition) is 6. The molecule has 4 fully saturated rings. The molecule has 2 N–H and O–H groups in total. The van der Waals surface area contributed by atoms with Crippen molar-refractivity contribution in [3.8, 4) is 0 Å². The van der Waals surface area contributed by atoms with Gasteiger partial charge in [-0.3, -0.25) is 4.79 Å². The van der Waals surface area contributed by atoms with Crippen LogP contribution >= 0.6 is 0 Å². The Labute approximate surface area is 197 Å². The molecule has 4 rings (SSSR count). The second kappa shape index (κ2) is 10.1. The lowest BCUT2D eigenvalue weighted by Crippen LogP contribution is -2.67. The van der Waals surface area contributed by atoms with E-state index in [-0.39, 0.29) is 42.1 Å². The number of sulfonamides is 1. The van der Waals surface area contributed by atoms with Gasteiger partial charge >= 0.3 is 6.09 Å². The fourth-order valence-electron chi connectivity index (χ4n) is 6.75. The molecule has 0 aromatic rings. The Morgan fingerprint density at radius 3 is 2.33 bits per heavy atom. The Balaban J connectivity index is 1.51. The second-order valence-electron chi connectivity index (χ2n) is 10.5. The van der Waals surface area contributed by atoms with Crippen LogP contribution in [0.5, 0.6) is 0 Å². The van der Waals surface area contributed by atoms with E-state index in [1.165, 1.54) is 0 Å². The summed E-state index contributed by atoms with van der Waals surface area (Å²) in [5.41, 5.74) is 0. The zero-order valence-electron chi connectivity index (χ0n) is 19.9. The summed E-state index contributed by atoms with van der Waals surface area (Å²) in [5.74, 6) is 0.637. The summed E-state index contributed by atoms with van der Waals surface area (Å²) in [6.45, 7) is 5.27. The molecule has 9 nitrogen and oxygen atoms in total. The second-order valence-corrected chi connectivity index (χ2v) is 12.3. The van der Waals surface area contributed by atoms with Gasteiger partial charge in [0.05, 0.1) is 30.5 Å². The third-order valence-corrected chi connectivity index (χ3v) is 9.70. The number of rotatable bonds is 3. The third kappa shape index (κ3) is 5.48. The summed E-state index contributed by atoms with van der Waals surface area (Å²) < 4.78 is 35.2. The molecule has 2 aliphatic carbocycles. The van der Waals surface area contributed by atoms with Crippen LogP contribution in [-0.2, 0) is 24.3 Å². The molecule has 10 heteroatoms. The number of ether oxygens (including phenoxy) is 2. The van der Waals surface area contributed by atoms with E-state index in [0.29, 0.717) is 51.4 Å². The van der Waals surface area contributed by atoms with Crippen LogP contribution in [0.1, 0.15) is 71.6 Å². The van der Waals surface area contributed by atoms with Gasteiger partial charge in [0.2, 0.25) is 15.9 Å². The molecule has 0 bridgehead atoms. The van der Waals surface area contributed by atoms with Crippen LogP contribution in [0.15, 0.2) is 0 Å². The number of carbonyl (C=O) groups excluding carboxylic acids is 2. The van der Waals surface area contributed by atoms with Gasteiger partial charge in [-0.05, 0) is 50.9 Å². The number of amides is 2. The van der Waals surface area contributed by atoms with Crippen LogP contribution in [0.3, 0.4) is 0 Å². The number of piperazine rings is 1. The maximum absolute atomic E-state index is 13.3. The molecule has 2 heterocycles. The van der Waals surface area contributed by atoms with Crippen LogP contribution in [-0.4, -0.2) is 79.5 Å². The highest BCUT2D eigenvalue weighted by molar-refractivity contribution is 7.89. The van der Waals surface area contributed by atoms with Crippen LogP contribution in [0.25, 0.3) is 0 Å². The number of nitrogens with zero attached hydrogens (tertiary/aromatic N) is 2. The van der Waals surface area contributed by atoms with Gasteiger partial charge in [0.15, 0.2) is 0 Å². The molecular weight excluding hydrogens is 446 g/mol. The van der Waals surface area contributed by atoms with Crippen molar-refractivity contribution in [3.05, 3.63) is 0 Å². The minimum Gasteiger partial charge on any atom is -0.446 e. The van der Waals surface area contributed by atoms with Crippen LogP contribution in [0, 0.1) is 11.8 Å². The van der Waals surface area contributed by atoms with E-state index < -0.39 is 15.3 Å². The molecule has 0 radical (unpaired) electrons. The number of carbonyl (C=O) groups is 2. The minimum atomic E-state index is -3.54. The first-order valence-corrected chi connectivity index (χ1v) is 14.1. The molecule has 0 aromatic carbocycles. The van der Waals surface area contributed by atoms with Gasteiger partial charge in [-0.15, -0.1) is 0 Å². The predicted octanol–water partition coefficient (Wildman–Crippen LogP) is 2.24. The van der Waals surface area contributed by atoms with Crippen molar-refractivity contribution in [1.82, 2.24) is 9.80 Å². The topological polar surface area (TPSA) is 119 Å². The van der Waals surface area contributed by atoms with Crippen LogP contribution in [0.2, 0.25) is 0 Å². The van der Waals surface area contributed by atoms with Crippen molar-refractivity contribution in [1.29, 1.82) is 0 Å². The average Bonchev–Trinajstić information content (AvgIpc) is 2.78. The van der Waals surface area contributed by atoms with Crippen molar-refractivity contribution in [2.24, 2.45) is 17.0 Å². The lowest BCUT2D eigenvalue weighted by molar-refractivity contribution is -0.143. The molecule has 0 spiro atoms. The van der Waals surface area contributed by atoms with Crippen LogP contribution < -0.4 is 5.14 Å². The quantitative estimate of drug-likeness (QED) is 0.655. The number of primary sulfonamides is 1. The highest BCUT2D eigenvalue weighted by Crippen LogP contribution is 2.43. The number of hydrogen-bond donors (Lipinski definition) is 1. The first-order chi connectivity index (χ1) is 15.6. The van der Waals surface area contributed by atoms with Crippen molar-refractivity contribution >= 4 is 22.0 Å². The zero-order valence-corrected chi connectivity index (χ0v) is 20.7. The normalized spacial score (nSPS) is 36.2. The van der Waals surface area contributed by atoms with Crippen molar-refractivity contribution in [3.63, 3.8) is 0 Å². The minimum absolute atomic E-state index is 0.0256. The van der Waals surface area contributed by atoms with Gasteiger partial charge in [0.1, 0.15) is 6.10 Å². The monoisotopic (exact) mass is 485 g/mol. The van der Waals surface area contributed by atoms with Gasteiger partial charge in [-0.25, -0.2) is 18.4 Å². The van der Waals surface area contributed by atoms with Crippen molar-refractivity contribution in [2.45, 2.75) is 101 Å². The Morgan fingerprint density at radius 1 is 0.970 bits per heavy atom. The molecule has 2 saturated carbocycles. The first-order valence-electron chi connectivity index (χ1n) is 12.5. The molecule has 33 heavy (non-hydrogen) atoms. The maximum atomic E-state index is 13.3. The molecule has 0 aromatic heterocycles. The zero-order chi connectivity index (χ0) is 23.8. The SMILES string of the molecule is CC(=O)N1C2CCC(C3CCCC(S(N)(=O)=O)C3)CC2N(C(=O)OC2CCOCC2)C[C@@H]1C. The summed E-state index contributed by atoms with van der Waals surface area (Å²) in [4.78, 5) is 29.6. The van der Waals surface area contributed by atoms with E-state index in [1.54, 1.807) is 6.92 Å². The Kier molecular flexibility index (Phi) is 7.55. The van der Waals surface area contributed by atoms with Gasteiger partial charge in [0.25, 0.3) is 0 Å².